The summed E-state index contributed by atoms with van der Waals surface area (Å²) in [5.74, 6) is 0.230. The molecule has 1 saturated heterocycles. The monoisotopic (exact) mass is 325 g/mol. The first-order valence-electron chi connectivity index (χ1n) is 6.34. The lowest BCUT2D eigenvalue weighted by Crippen LogP contribution is -2.20. The Labute approximate surface area is 124 Å². The molecule has 0 amide bonds. The third-order valence-corrected chi connectivity index (χ3v) is 6.71. The average molecular weight is 326 g/mol. The largest absolute Gasteiger partial charge is 0.335 e. The smallest absolute Gasteiger partial charge is 0.315 e. The van der Waals surface area contributed by atoms with Crippen molar-refractivity contribution in [3.05, 3.63) is 22.4 Å². The first-order chi connectivity index (χ1) is 8.71. The van der Waals surface area contributed by atoms with Gasteiger partial charge in [-0.3, -0.25) is 4.57 Å². The fraction of sp³-hybridized carbons (Fsp3) is 0.667. The van der Waals surface area contributed by atoms with Gasteiger partial charge in [-0.1, -0.05) is 6.07 Å². The maximum Gasteiger partial charge on any atom is 0.335 e. The zero-order valence-electron chi connectivity index (χ0n) is 11.2. The van der Waals surface area contributed by atoms with Crippen LogP contribution in [0.3, 0.4) is 0 Å². The molecule has 1 N–H and O–H groups in total. The highest BCUT2D eigenvalue weighted by Crippen LogP contribution is 2.58. The number of hydrogen-bond acceptors (Lipinski definition) is 5. The average Bonchev–Trinajstić information content (AvgIpc) is 3.00. The summed E-state index contributed by atoms with van der Waals surface area (Å²) >= 11 is 1.70. The second-order valence-electron chi connectivity index (χ2n) is 4.22. The summed E-state index contributed by atoms with van der Waals surface area (Å²) in [4.78, 5) is 1.25. The lowest BCUT2D eigenvalue weighted by Gasteiger charge is -2.26. The van der Waals surface area contributed by atoms with E-state index in [4.69, 9.17) is 9.05 Å². The Morgan fingerprint density at radius 3 is 2.58 bits per heavy atom. The van der Waals surface area contributed by atoms with Gasteiger partial charge in [0.2, 0.25) is 0 Å². The van der Waals surface area contributed by atoms with Crippen LogP contribution < -0.4 is 5.32 Å². The molecule has 2 rings (SSSR count). The summed E-state index contributed by atoms with van der Waals surface area (Å²) in [6, 6.07) is 4.12. The van der Waals surface area contributed by atoms with Gasteiger partial charge in [-0.05, 0) is 25.3 Å². The topological polar surface area (TPSA) is 47.6 Å². The molecule has 7 heteroatoms. The zero-order chi connectivity index (χ0) is 13.0. The minimum absolute atomic E-state index is 0. The number of hydrogen-bond donors (Lipinski definition) is 1. The van der Waals surface area contributed by atoms with Crippen LogP contribution in [-0.2, 0) is 13.6 Å². The Morgan fingerprint density at radius 2 is 2.05 bits per heavy atom. The molecule has 1 aromatic rings. The normalized spacial score (nSPS) is 23.3. The highest BCUT2D eigenvalue weighted by molar-refractivity contribution is 7.54. The molecule has 0 radical (unpaired) electrons. The van der Waals surface area contributed by atoms with E-state index >= 15 is 0 Å². The number of halogens is 1. The Bertz CT molecular complexity index is 405. The molecule has 4 nitrogen and oxygen atoms in total. The highest BCUT2D eigenvalue weighted by Gasteiger charge is 2.44. The molecule has 1 aromatic heterocycles. The maximum absolute atomic E-state index is 12.8. The maximum atomic E-state index is 12.8. The van der Waals surface area contributed by atoms with Crippen LogP contribution in [0.4, 0.5) is 0 Å². The van der Waals surface area contributed by atoms with Gasteiger partial charge in [0.15, 0.2) is 0 Å². The van der Waals surface area contributed by atoms with E-state index in [0.717, 1.165) is 6.54 Å². The quantitative estimate of drug-likeness (QED) is 0.813. The third-order valence-electron chi connectivity index (χ3n) is 3.12. The van der Waals surface area contributed by atoms with Crippen molar-refractivity contribution in [2.75, 3.05) is 26.3 Å². The molecular weight excluding hydrogens is 305 g/mol. The van der Waals surface area contributed by atoms with Crippen molar-refractivity contribution in [2.45, 2.75) is 25.4 Å². The Hall–Kier alpha value is 0.1000. The molecule has 1 aliphatic heterocycles. The number of thiophene rings is 1. The molecule has 19 heavy (non-hydrogen) atoms. The lowest BCUT2D eigenvalue weighted by molar-refractivity contribution is 0.211. The molecular formula is C12H21ClNO3PS. The Morgan fingerprint density at radius 1 is 1.37 bits per heavy atom. The summed E-state index contributed by atoms with van der Waals surface area (Å²) in [5, 5.41) is 5.36. The standard InChI is InChI=1S/C12H20NO3PS.ClH/c1-3-15-17(14,16-4-2)11-9-13-8-10(11)12-6-5-7-18-12;/h5-7,10-11,13H,3-4,8-9H2,1-2H3;1H. The fourth-order valence-electron chi connectivity index (χ4n) is 2.38. The molecule has 2 unspecified atom stereocenters. The molecule has 110 valence electrons. The molecule has 2 heterocycles. The van der Waals surface area contributed by atoms with E-state index in [1.807, 2.05) is 19.9 Å². The van der Waals surface area contributed by atoms with Crippen molar-refractivity contribution in [1.82, 2.24) is 5.32 Å². The van der Waals surface area contributed by atoms with Gasteiger partial charge < -0.3 is 14.4 Å². The van der Waals surface area contributed by atoms with Crippen LogP contribution in [0, 0.1) is 0 Å². The number of rotatable bonds is 6. The SMILES string of the molecule is CCOP(=O)(OCC)C1CNCC1c1cccs1.Cl. The van der Waals surface area contributed by atoms with E-state index in [-0.39, 0.29) is 24.0 Å². The summed E-state index contributed by atoms with van der Waals surface area (Å²) in [6.07, 6.45) is 0. The van der Waals surface area contributed by atoms with E-state index in [9.17, 15) is 4.57 Å². The summed E-state index contributed by atoms with van der Waals surface area (Å²) in [7, 11) is -3.02. The van der Waals surface area contributed by atoms with Crippen LogP contribution in [0.1, 0.15) is 24.6 Å². The lowest BCUT2D eigenvalue weighted by atomic mass is 10.1. The van der Waals surface area contributed by atoms with Gasteiger partial charge in [0.25, 0.3) is 0 Å². The van der Waals surface area contributed by atoms with Crippen LogP contribution in [-0.4, -0.2) is 32.0 Å². The highest BCUT2D eigenvalue weighted by atomic mass is 35.5. The predicted octanol–water partition coefficient (Wildman–Crippen LogP) is 3.49. The van der Waals surface area contributed by atoms with Gasteiger partial charge in [0.1, 0.15) is 0 Å². The van der Waals surface area contributed by atoms with Crippen LogP contribution in [0.2, 0.25) is 0 Å². The van der Waals surface area contributed by atoms with Gasteiger partial charge in [-0.15, -0.1) is 23.7 Å². The molecule has 2 atom stereocenters. The molecule has 1 aliphatic rings. The Balaban J connectivity index is 0.00000180. The van der Waals surface area contributed by atoms with Crippen LogP contribution in [0.15, 0.2) is 17.5 Å². The van der Waals surface area contributed by atoms with Crippen LogP contribution in [0.5, 0.6) is 0 Å². The van der Waals surface area contributed by atoms with Crippen LogP contribution in [0.25, 0.3) is 0 Å². The minimum Gasteiger partial charge on any atom is -0.315 e. The summed E-state index contributed by atoms with van der Waals surface area (Å²) < 4.78 is 23.8. The van der Waals surface area contributed by atoms with Gasteiger partial charge in [0.05, 0.1) is 18.9 Å². The van der Waals surface area contributed by atoms with Crippen molar-refractivity contribution in [1.29, 1.82) is 0 Å². The second-order valence-corrected chi connectivity index (χ2v) is 7.46. The van der Waals surface area contributed by atoms with E-state index in [0.29, 0.717) is 19.8 Å². The molecule has 1 fully saturated rings. The van der Waals surface area contributed by atoms with Gasteiger partial charge >= 0.3 is 7.60 Å². The van der Waals surface area contributed by atoms with Crippen molar-refractivity contribution in [3.63, 3.8) is 0 Å². The molecule has 0 aliphatic carbocycles. The predicted molar refractivity (Wildman–Crippen MR) is 81.8 cm³/mol. The Kier molecular flexibility index (Phi) is 7.01. The van der Waals surface area contributed by atoms with Crippen molar-refractivity contribution in [2.24, 2.45) is 0 Å². The van der Waals surface area contributed by atoms with Crippen molar-refractivity contribution >= 4 is 31.3 Å². The fourth-order valence-corrected chi connectivity index (χ4v) is 5.61. The first kappa shape index (κ1) is 17.2. The van der Waals surface area contributed by atoms with E-state index in [1.54, 1.807) is 11.3 Å². The third kappa shape index (κ3) is 3.81. The van der Waals surface area contributed by atoms with Gasteiger partial charge in [-0.25, -0.2) is 0 Å². The van der Waals surface area contributed by atoms with Gasteiger partial charge in [-0.2, -0.15) is 0 Å². The second kappa shape index (κ2) is 7.77. The number of nitrogens with one attached hydrogen (secondary N) is 1. The van der Waals surface area contributed by atoms with Crippen molar-refractivity contribution < 1.29 is 13.6 Å². The minimum atomic E-state index is -3.02. The van der Waals surface area contributed by atoms with E-state index in [1.165, 1.54) is 4.88 Å². The summed E-state index contributed by atoms with van der Waals surface area (Å²) in [6.45, 7) is 6.09. The van der Waals surface area contributed by atoms with Crippen LogP contribution >= 0.6 is 31.3 Å². The van der Waals surface area contributed by atoms with E-state index < -0.39 is 7.60 Å². The molecule has 0 spiro atoms. The van der Waals surface area contributed by atoms with Crippen molar-refractivity contribution in [3.8, 4) is 0 Å². The first-order valence-corrected chi connectivity index (χ1v) is 8.83. The zero-order valence-corrected chi connectivity index (χ0v) is 13.7. The van der Waals surface area contributed by atoms with Gasteiger partial charge in [0, 0.05) is 23.9 Å². The molecule has 0 saturated carbocycles. The molecule has 0 bridgehead atoms. The molecule has 0 aromatic carbocycles. The summed E-state index contributed by atoms with van der Waals surface area (Å²) in [5.41, 5.74) is -0.0731. The van der Waals surface area contributed by atoms with E-state index in [2.05, 4.69) is 16.8 Å².